The fraction of sp³-hybridized carbons (Fsp3) is 0.417. The van der Waals surface area contributed by atoms with E-state index in [2.05, 4.69) is 0 Å². The van der Waals surface area contributed by atoms with Crippen molar-refractivity contribution in [1.82, 2.24) is 0 Å². The molecule has 0 aliphatic carbocycles. The first kappa shape index (κ1) is 12.0. The van der Waals surface area contributed by atoms with Crippen molar-refractivity contribution in [2.45, 2.75) is 11.3 Å². The number of carbonyl (C=O) groups excluding carboxylic acids is 1. The van der Waals surface area contributed by atoms with Gasteiger partial charge in [0.15, 0.2) is 9.84 Å². The van der Waals surface area contributed by atoms with Crippen molar-refractivity contribution in [3.63, 3.8) is 0 Å². The Bertz CT molecular complexity index is 570. The van der Waals surface area contributed by atoms with E-state index >= 15 is 0 Å². The molecule has 1 amide bonds. The number of amides is 1. The van der Waals surface area contributed by atoms with Crippen LogP contribution < -0.4 is 4.90 Å². The molecule has 96 valence electrons. The summed E-state index contributed by atoms with van der Waals surface area (Å²) in [6.45, 7) is 0. The molecule has 4 nitrogen and oxygen atoms in total. The highest BCUT2D eigenvalue weighted by Crippen LogP contribution is 2.35. The fourth-order valence-corrected chi connectivity index (χ4v) is 6.38. The van der Waals surface area contributed by atoms with Gasteiger partial charge in [-0.25, -0.2) is 8.42 Å². The molecule has 2 saturated heterocycles. The average molecular weight is 283 g/mol. The Balaban J connectivity index is 1.99. The van der Waals surface area contributed by atoms with Gasteiger partial charge < -0.3 is 4.90 Å². The first-order chi connectivity index (χ1) is 8.57. The quantitative estimate of drug-likeness (QED) is 0.769. The van der Waals surface area contributed by atoms with Crippen molar-refractivity contribution in [2.24, 2.45) is 0 Å². The van der Waals surface area contributed by atoms with Crippen molar-refractivity contribution in [3.8, 4) is 0 Å². The number of anilines is 1. The number of sulfone groups is 1. The first-order valence-corrected chi connectivity index (χ1v) is 8.63. The van der Waals surface area contributed by atoms with Gasteiger partial charge in [-0.15, -0.1) is 11.8 Å². The van der Waals surface area contributed by atoms with Gasteiger partial charge >= 0.3 is 0 Å². The second-order valence-corrected chi connectivity index (χ2v) is 7.97. The summed E-state index contributed by atoms with van der Waals surface area (Å²) < 4.78 is 23.5. The van der Waals surface area contributed by atoms with Crippen LogP contribution in [0.2, 0.25) is 0 Å². The van der Waals surface area contributed by atoms with E-state index in [-0.39, 0.29) is 28.7 Å². The van der Waals surface area contributed by atoms with E-state index in [1.165, 1.54) is 11.8 Å². The van der Waals surface area contributed by atoms with E-state index in [0.717, 1.165) is 5.69 Å². The van der Waals surface area contributed by atoms with E-state index in [1.54, 1.807) is 4.90 Å². The third kappa shape index (κ3) is 2.03. The van der Waals surface area contributed by atoms with Crippen LogP contribution in [-0.2, 0) is 14.6 Å². The molecule has 2 aliphatic rings. The summed E-state index contributed by atoms with van der Waals surface area (Å²) in [4.78, 5) is 13.7. The van der Waals surface area contributed by atoms with Crippen molar-refractivity contribution in [3.05, 3.63) is 30.3 Å². The molecule has 6 heteroatoms. The van der Waals surface area contributed by atoms with Crippen LogP contribution in [0.25, 0.3) is 0 Å². The van der Waals surface area contributed by atoms with Gasteiger partial charge in [0.05, 0.1) is 23.3 Å². The lowest BCUT2D eigenvalue weighted by Crippen LogP contribution is -2.50. The van der Waals surface area contributed by atoms with Gasteiger partial charge in [-0.1, -0.05) is 18.2 Å². The zero-order chi connectivity index (χ0) is 12.8. The minimum Gasteiger partial charge on any atom is -0.306 e. The Morgan fingerprint density at radius 1 is 1.17 bits per heavy atom. The van der Waals surface area contributed by atoms with Crippen LogP contribution in [0.1, 0.15) is 0 Å². The molecule has 2 atom stereocenters. The number of para-hydroxylation sites is 1. The summed E-state index contributed by atoms with van der Waals surface area (Å²) in [7, 11) is -3.01. The molecule has 2 heterocycles. The first-order valence-electron chi connectivity index (χ1n) is 5.76. The Kier molecular flexibility index (Phi) is 2.86. The highest BCUT2D eigenvalue weighted by Gasteiger charge is 2.46. The van der Waals surface area contributed by atoms with Crippen LogP contribution in [0.3, 0.4) is 0 Å². The minimum absolute atomic E-state index is 0.00421. The molecule has 2 fully saturated rings. The number of hydrogen-bond acceptors (Lipinski definition) is 4. The van der Waals surface area contributed by atoms with Gasteiger partial charge in [-0.05, 0) is 12.1 Å². The van der Waals surface area contributed by atoms with Gasteiger partial charge in [0.1, 0.15) is 0 Å². The molecule has 0 bridgehead atoms. The minimum atomic E-state index is -3.01. The third-order valence-electron chi connectivity index (χ3n) is 3.33. The number of carbonyl (C=O) groups is 1. The molecule has 0 N–H and O–H groups in total. The van der Waals surface area contributed by atoms with Gasteiger partial charge in [-0.3, -0.25) is 4.79 Å². The highest BCUT2D eigenvalue weighted by atomic mass is 32.2. The van der Waals surface area contributed by atoms with Crippen molar-refractivity contribution in [1.29, 1.82) is 0 Å². The second kappa shape index (κ2) is 4.28. The number of thioether (sulfide) groups is 1. The molecule has 1 aromatic carbocycles. The summed E-state index contributed by atoms with van der Waals surface area (Å²) >= 11 is 1.47. The van der Waals surface area contributed by atoms with E-state index in [4.69, 9.17) is 0 Å². The maximum absolute atomic E-state index is 12.1. The number of nitrogens with zero attached hydrogens (tertiary/aromatic N) is 1. The lowest BCUT2D eigenvalue weighted by Gasteiger charge is -2.36. The largest absolute Gasteiger partial charge is 0.306 e. The molecule has 1 aromatic rings. The molecule has 0 radical (unpaired) electrons. The number of benzene rings is 1. The Morgan fingerprint density at radius 3 is 2.61 bits per heavy atom. The zero-order valence-electron chi connectivity index (χ0n) is 9.65. The standard InChI is InChI=1S/C12H13NO3S2/c14-12-6-17-11-8-18(15,16)7-10(11)13(12)9-4-2-1-3-5-9/h1-5,10-11H,6-8H2/t10-,11+/m0/s1. The maximum Gasteiger partial charge on any atom is 0.237 e. The van der Waals surface area contributed by atoms with Crippen molar-refractivity contribution in [2.75, 3.05) is 22.2 Å². The number of rotatable bonds is 1. The van der Waals surface area contributed by atoms with E-state index in [0.29, 0.717) is 5.75 Å². The molecule has 0 saturated carbocycles. The Morgan fingerprint density at radius 2 is 1.89 bits per heavy atom. The highest BCUT2D eigenvalue weighted by molar-refractivity contribution is 8.02. The monoisotopic (exact) mass is 283 g/mol. The predicted molar refractivity (Wildman–Crippen MR) is 72.6 cm³/mol. The average Bonchev–Trinajstić information content (AvgIpc) is 2.64. The number of hydrogen-bond donors (Lipinski definition) is 0. The normalized spacial score (nSPS) is 30.2. The molecule has 2 aliphatic heterocycles. The molecule has 0 aromatic heterocycles. The molecule has 0 unspecified atom stereocenters. The second-order valence-electron chi connectivity index (χ2n) is 4.59. The lowest BCUT2D eigenvalue weighted by atomic mass is 10.1. The van der Waals surface area contributed by atoms with Crippen molar-refractivity contribution >= 4 is 33.2 Å². The molecular formula is C12H13NO3S2. The summed E-state index contributed by atoms with van der Waals surface area (Å²) in [6.07, 6.45) is 0. The Labute approximate surface area is 110 Å². The van der Waals surface area contributed by atoms with Crippen LogP contribution in [0.4, 0.5) is 5.69 Å². The maximum atomic E-state index is 12.1. The molecular weight excluding hydrogens is 270 g/mol. The van der Waals surface area contributed by atoms with Gasteiger partial charge in [-0.2, -0.15) is 0 Å². The molecule has 0 spiro atoms. The number of fused-ring (bicyclic) bond motifs is 1. The summed E-state index contributed by atoms with van der Waals surface area (Å²) in [6, 6.07) is 9.12. The molecule has 18 heavy (non-hydrogen) atoms. The topological polar surface area (TPSA) is 54.5 Å². The van der Waals surface area contributed by atoms with Crippen molar-refractivity contribution < 1.29 is 13.2 Å². The third-order valence-corrected chi connectivity index (χ3v) is 6.58. The zero-order valence-corrected chi connectivity index (χ0v) is 11.3. The van der Waals surface area contributed by atoms with Crippen LogP contribution >= 0.6 is 11.8 Å². The van der Waals surface area contributed by atoms with Crippen LogP contribution in [0, 0.1) is 0 Å². The van der Waals surface area contributed by atoms with Gasteiger partial charge in [0.2, 0.25) is 5.91 Å². The fourth-order valence-electron chi connectivity index (χ4n) is 2.55. The van der Waals surface area contributed by atoms with Crippen LogP contribution in [-0.4, -0.2) is 42.9 Å². The predicted octanol–water partition coefficient (Wildman–Crippen LogP) is 0.932. The SMILES string of the molecule is O=C1CS[C@@H]2CS(=O)(=O)C[C@@H]2N1c1ccccc1. The van der Waals surface area contributed by atoms with E-state index < -0.39 is 9.84 Å². The molecule has 3 rings (SSSR count). The van der Waals surface area contributed by atoms with Crippen LogP contribution in [0.5, 0.6) is 0 Å². The summed E-state index contributed by atoms with van der Waals surface area (Å²) in [5.41, 5.74) is 0.801. The Hall–Kier alpha value is -1.01. The van der Waals surface area contributed by atoms with Gasteiger partial charge in [0, 0.05) is 10.9 Å². The summed E-state index contributed by atoms with van der Waals surface area (Å²) in [5, 5.41) is 0.0212. The van der Waals surface area contributed by atoms with Gasteiger partial charge in [0.25, 0.3) is 0 Å². The smallest absolute Gasteiger partial charge is 0.237 e. The summed E-state index contributed by atoms with van der Waals surface area (Å²) in [5.74, 6) is 0.653. The van der Waals surface area contributed by atoms with Crippen LogP contribution in [0.15, 0.2) is 30.3 Å². The van der Waals surface area contributed by atoms with E-state index in [1.807, 2.05) is 30.3 Å². The lowest BCUT2D eigenvalue weighted by molar-refractivity contribution is -0.116. The van der Waals surface area contributed by atoms with E-state index in [9.17, 15) is 13.2 Å².